The minimum atomic E-state index is -0.347. The first-order chi connectivity index (χ1) is 20.4. The van der Waals surface area contributed by atoms with Crippen LogP contribution in [0.3, 0.4) is 0 Å². The summed E-state index contributed by atoms with van der Waals surface area (Å²) >= 11 is 1.58. The SMILES string of the molecule is CC(C)c1nnc(-c2ccc(Oc3cc(-c4nc(C5CC(=O)N(C6CC6)C5)no4)ccc3CN3CCOC3=O)cc2)s1. The average Bonchev–Trinajstić information content (AvgIpc) is 3.37. The highest BCUT2D eigenvalue weighted by Gasteiger charge is 2.41. The molecule has 42 heavy (non-hydrogen) atoms. The highest BCUT2D eigenvalue weighted by molar-refractivity contribution is 7.14. The van der Waals surface area contributed by atoms with Gasteiger partial charge < -0.3 is 23.8 Å². The molecule has 11 nitrogen and oxygen atoms in total. The summed E-state index contributed by atoms with van der Waals surface area (Å²) in [6.45, 7) is 6.05. The molecule has 12 heteroatoms. The monoisotopic (exact) mass is 586 g/mol. The Morgan fingerprint density at radius 1 is 1.07 bits per heavy atom. The first-order valence-electron chi connectivity index (χ1n) is 14.2. The van der Waals surface area contributed by atoms with E-state index >= 15 is 0 Å². The lowest BCUT2D eigenvalue weighted by Gasteiger charge is -2.17. The molecule has 0 bridgehead atoms. The van der Waals surface area contributed by atoms with Crippen LogP contribution < -0.4 is 4.74 Å². The standard InChI is InChI=1S/C30H30N6O5S/c1-17(2)28-32-33-29(42-28)18-5-9-23(10-6-18)40-24-13-19(3-4-20(24)15-35-11-12-39-30(35)38)27-31-26(34-41-27)21-14-25(37)36(16-21)22-7-8-22/h3-6,9-10,13,17,21-22H,7-8,11-12,14-16H2,1-2H3. The summed E-state index contributed by atoms with van der Waals surface area (Å²) in [6.07, 6.45) is 2.20. The van der Waals surface area contributed by atoms with Crippen LogP contribution in [0.4, 0.5) is 4.79 Å². The Kier molecular flexibility index (Phi) is 6.85. The average molecular weight is 587 g/mol. The van der Waals surface area contributed by atoms with Crippen molar-refractivity contribution in [3.8, 4) is 33.5 Å². The van der Waals surface area contributed by atoms with Crippen molar-refractivity contribution in [2.24, 2.45) is 0 Å². The number of aromatic nitrogens is 4. The molecular weight excluding hydrogens is 556 g/mol. The number of likely N-dealkylation sites (tertiary alicyclic amines) is 1. The summed E-state index contributed by atoms with van der Waals surface area (Å²) in [6, 6.07) is 13.7. The summed E-state index contributed by atoms with van der Waals surface area (Å²) in [5.74, 6) is 2.50. The van der Waals surface area contributed by atoms with Crippen LogP contribution in [0.5, 0.6) is 11.5 Å². The first kappa shape index (κ1) is 26.6. The minimum absolute atomic E-state index is 0.0741. The Balaban J connectivity index is 1.14. The van der Waals surface area contributed by atoms with Crippen molar-refractivity contribution in [3.63, 3.8) is 0 Å². The normalized spacial score (nSPS) is 18.8. The first-order valence-corrected chi connectivity index (χ1v) is 15.0. The molecule has 4 aromatic rings. The largest absolute Gasteiger partial charge is 0.457 e. The maximum absolute atomic E-state index is 12.4. The van der Waals surface area contributed by atoms with Gasteiger partial charge in [-0.25, -0.2) is 4.79 Å². The van der Waals surface area contributed by atoms with E-state index in [4.69, 9.17) is 14.0 Å². The van der Waals surface area contributed by atoms with E-state index in [2.05, 4.69) is 34.2 Å². The second-order valence-corrected chi connectivity index (χ2v) is 12.2. The fourth-order valence-corrected chi connectivity index (χ4v) is 6.08. The summed E-state index contributed by atoms with van der Waals surface area (Å²) in [5, 5.41) is 14.7. The number of benzene rings is 2. The molecule has 2 aliphatic heterocycles. The Labute approximate surface area is 246 Å². The van der Waals surface area contributed by atoms with Gasteiger partial charge in [-0.15, -0.1) is 10.2 Å². The number of ether oxygens (including phenoxy) is 2. The van der Waals surface area contributed by atoms with Crippen molar-refractivity contribution >= 4 is 23.3 Å². The summed E-state index contributed by atoms with van der Waals surface area (Å²) in [4.78, 5) is 32.9. The van der Waals surface area contributed by atoms with Gasteiger partial charge in [0.25, 0.3) is 5.89 Å². The van der Waals surface area contributed by atoms with Crippen molar-refractivity contribution in [3.05, 3.63) is 58.9 Å². The molecule has 1 unspecified atom stereocenters. The third-order valence-corrected chi connectivity index (χ3v) is 9.01. The Bertz CT molecular complexity index is 1630. The van der Waals surface area contributed by atoms with Gasteiger partial charge in [0, 0.05) is 47.5 Å². The molecule has 0 N–H and O–H groups in total. The lowest BCUT2D eigenvalue weighted by Crippen LogP contribution is -2.27. The molecule has 7 rings (SSSR count). The molecule has 0 radical (unpaired) electrons. The number of nitrogens with zero attached hydrogens (tertiary/aromatic N) is 6. The number of cyclic esters (lactones) is 1. The molecule has 2 aromatic carbocycles. The maximum Gasteiger partial charge on any atom is 0.410 e. The van der Waals surface area contributed by atoms with Crippen LogP contribution in [0.2, 0.25) is 0 Å². The van der Waals surface area contributed by atoms with Crippen LogP contribution in [-0.4, -0.2) is 67.9 Å². The number of rotatable bonds is 9. The molecule has 1 atom stereocenters. The van der Waals surface area contributed by atoms with Gasteiger partial charge in [0.1, 0.15) is 28.1 Å². The maximum atomic E-state index is 12.4. The minimum Gasteiger partial charge on any atom is -0.457 e. The van der Waals surface area contributed by atoms with E-state index in [0.717, 1.165) is 34.0 Å². The third-order valence-electron chi connectivity index (χ3n) is 7.74. The molecule has 4 heterocycles. The van der Waals surface area contributed by atoms with Crippen LogP contribution in [0.25, 0.3) is 22.0 Å². The van der Waals surface area contributed by atoms with Crippen molar-refractivity contribution < 1.29 is 23.6 Å². The summed E-state index contributed by atoms with van der Waals surface area (Å²) in [5.41, 5.74) is 2.46. The van der Waals surface area contributed by atoms with Gasteiger partial charge in [-0.1, -0.05) is 36.4 Å². The van der Waals surface area contributed by atoms with E-state index in [-0.39, 0.29) is 17.9 Å². The van der Waals surface area contributed by atoms with Crippen LogP contribution in [0, 0.1) is 0 Å². The topological polar surface area (TPSA) is 124 Å². The fourth-order valence-electron chi connectivity index (χ4n) is 5.23. The molecule has 2 aromatic heterocycles. The van der Waals surface area contributed by atoms with Gasteiger partial charge in [0.2, 0.25) is 5.91 Å². The molecule has 3 fully saturated rings. The molecule has 1 aliphatic carbocycles. The molecule has 2 saturated heterocycles. The van der Waals surface area contributed by atoms with Gasteiger partial charge in [0.15, 0.2) is 5.82 Å². The van der Waals surface area contributed by atoms with E-state index in [9.17, 15) is 9.59 Å². The van der Waals surface area contributed by atoms with Crippen molar-refractivity contribution in [1.82, 2.24) is 30.1 Å². The zero-order valence-electron chi connectivity index (χ0n) is 23.4. The van der Waals surface area contributed by atoms with Gasteiger partial charge in [-0.3, -0.25) is 4.79 Å². The lowest BCUT2D eigenvalue weighted by atomic mass is 10.1. The fraction of sp³-hybridized carbons (Fsp3) is 0.400. The molecule has 0 spiro atoms. The molecular formula is C30H30N6O5S. The van der Waals surface area contributed by atoms with E-state index in [0.29, 0.717) is 73.4 Å². The number of hydrogen-bond donors (Lipinski definition) is 0. The van der Waals surface area contributed by atoms with Crippen molar-refractivity contribution in [2.75, 3.05) is 19.7 Å². The van der Waals surface area contributed by atoms with E-state index < -0.39 is 0 Å². The van der Waals surface area contributed by atoms with Crippen molar-refractivity contribution in [1.29, 1.82) is 0 Å². The van der Waals surface area contributed by atoms with Gasteiger partial charge in [0.05, 0.1) is 13.1 Å². The van der Waals surface area contributed by atoms with E-state index in [1.165, 1.54) is 0 Å². The quantitative estimate of drug-likeness (QED) is 0.246. The molecule has 216 valence electrons. The van der Waals surface area contributed by atoms with E-state index in [1.54, 1.807) is 16.2 Å². The highest BCUT2D eigenvalue weighted by atomic mass is 32.1. The van der Waals surface area contributed by atoms with Gasteiger partial charge >= 0.3 is 6.09 Å². The van der Waals surface area contributed by atoms with Crippen LogP contribution in [0.15, 0.2) is 47.0 Å². The van der Waals surface area contributed by atoms with Crippen LogP contribution in [0.1, 0.15) is 61.3 Å². The summed E-state index contributed by atoms with van der Waals surface area (Å²) in [7, 11) is 0. The van der Waals surface area contributed by atoms with Crippen LogP contribution >= 0.6 is 11.3 Å². The second-order valence-electron chi connectivity index (χ2n) is 11.2. The Morgan fingerprint density at radius 2 is 1.88 bits per heavy atom. The highest BCUT2D eigenvalue weighted by Crippen LogP contribution is 2.37. The number of amides is 2. The smallest absolute Gasteiger partial charge is 0.410 e. The number of carbonyl (C=O) groups is 2. The molecule has 3 aliphatic rings. The lowest BCUT2D eigenvalue weighted by molar-refractivity contribution is -0.128. The zero-order chi connectivity index (χ0) is 28.8. The predicted molar refractivity (Wildman–Crippen MR) is 153 cm³/mol. The summed E-state index contributed by atoms with van der Waals surface area (Å²) < 4.78 is 17.1. The third kappa shape index (κ3) is 5.34. The van der Waals surface area contributed by atoms with Crippen molar-refractivity contribution in [2.45, 2.75) is 57.5 Å². The molecule has 2 amide bonds. The number of carbonyl (C=O) groups excluding carboxylic acids is 2. The predicted octanol–water partition coefficient (Wildman–Crippen LogP) is 5.60. The second kappa shape index (κ2) is 10.8. The van der Waals surface area contributed by atoms with Gasteiger partial charge in [-0.05, 0) is 49.2 Å². The Morgan fingerprint density at radius 3 is 2.60 bits per heavy atom. The van der Waals surface area contributed by atoms with E-state index in [1.807, 2.05) is 47.4 Å². The molecule has 1 saturated carbocycles. The van der Waals surface area contributed by atoms with Crippen LogP contribution in [-0.2, 0) is 16.1 Å². The number of hydrogen-bond acceptors (Lipinski definition) is 10. The van der Waals surface area contributed by atoms with Gasteiger partial charge in [-0.2, -0.15) is 4.98 Å². The Hall–Kier alpha value is -4.32. The zero-order valence-corrected chi connectivity index (χ0v) is 24.2.